The number of anilines is 1. The molecule has 6 heteroatoms. The molecule has 0 bridgehead atoms. The van der Waals surface area contributed by atoms with Crippen molar-refractivity contribution in [2.24, 2.45) is 0 Å². The van der Waals surface area contributed by atoms with Crippen molar-refractivity contribution in [1.29, 1.82) is 0 Å². The summed E-state index contributed by atoms with van der Waals surface area (Å²) in [6, 6.07) is 7.95. The summed E-state index contributed by atoms with van der Waals surface area (Å²) >= 11 is 6.86. The van der Waals surface area contributed by atoms with Crippen molar-refractivity contribution in [3.8, 4) is 11.5 Å². The van der Waals surface area contributed by atoms with E-state index in [1.807, 2.05) is 31.2 Å². The summed E-state index contributed by atoms with van der Waals surface area (Å²) in [6.07, 6.45) is 0. The minimum absolute atomic E-state index is 0.278. The van der Waals surface area contributed by atoms with Gasteiger partial charge in [0.05, 0.1) is 15.9 Å². The van der Waals surface area contributed by atoms with E-state index in [-0.39, 0.29) is 6.79 Å². The van der Waals surface area contributed by atoms with Crippen LogP contribution < -0.4 is 14.8 Å². The molecule has 1 N–H and O–H groups in total. The summed E-state index contributed by atoms with van der Waals surface area (Å²) in [5, 5.41) is 3.37. The van der Waals surface area contributed by atoms with Crippen LogP contribution in [0.3, 0.4) is 0 Å². The number of nitrogens with one attached hydrogen (secondary N) is 1. The number of pyridine rings is 1. The quantitative estimate of drug-likeness (QED) is 0.783. The first kappa shape index (κ1) is 13.7. The Labute approximate surface area is 133 Å². The lowest BCUT2D eigenvalue weighted by Crippen LogP contribution is -2.02. The summed E-state index contributed by atoms with van der Waals surface area (Å²) < 4.78 is 12.5. The lowest BCUT2D eigenvalue weighted by atomic mass is 10.2. The zero-order chi connectivity index (χ0) is 14.1. The Hall–Kier alpha value is -1.27. The van der Waals surface area contributed by atoms with Gasteiger partial charge in [0.1, 0.15) is 4.60 Å². The molecule has 0 radical (unpaired) electrons. The Balaban J connectivity index is 1.77. The summed E-state index contributed by atoms with van der Waals surface area (Å²) in [7, 11) is 0. The molecule has 0 atom stereocenters. The summed E-state index contributed by atoms with van der Waals surface area (Å²) in [5.41, 5.74) is 3.09. The standard InChI is InChI=1S/C14H12Br2N2O2/c1-8-11(2-3-13(16)18-8)17-6-9-4-10(15)14-12(5-9)19-7-20-14/h2-5,17H,6-7H2,1H3. The Morgan fingerprint density at radius 1 is 1.25 bits per heavy atom. The number of ether oxygens (including phenoxy) is 2. The lowest BCUT2D eigenvalue weighted by Gasteiger charge is -2.10. The average Bonchev–Trinajstić information content (AvgIpc) is 2.86. The number of nitrogens with zero attached hydrogens (tertiary/aromatic N) is 1. The molecule has 0 amide bonds. The van der Waals surface area contributed by atoms with Gasteiger partial charge in [-0.1, -0.05) is 0 Å². The van der Waals surface area contributed by atoms with Gasteiger partial charge in [0, 0.05) is 6.54 Å². The van der Waals surface area contributed by atoms with Crippen molar-refractivity contribution in [3.05, 3.63) is 44.6 Å². The van der Waals surface area contributed by atoms with E-state index >= 15 is 0 Å². The van der Waals surface area contributed by atoms with Crippen LogP contribution in [0, 0.1) is 6.92 Å². The molecule has 2 heterocycles. The van der Waals surface area contributed by atoms with E-state index in [2.05, 4.69) is 42.2 Å². The molecular weight excluding hydrogens is 388 g/mol. The Morgan fingerprint density at radius 2 is 2.10 bits per heavy atom. The molecule has 104 valence electrons. The minimum Gasteiger partial charge on any atom is -0.454 e. The molecule has 3 rings (SSSR count). The maximum Gasteiger partial charge on any atom is 0.231 e. The van der Waals surface area contributed by atoms with Gasteiger partial charge in [0.15, 0.2) is 11.5 Å². The molecule has 1 aliphatic rings. The number of hydrogen-bond donors (Lipinski definition) is 1. The van der Waals surface area contributed by atoms with Gasteiger partial charge >= 0.3 is 0 Å². The van der Waals surface area contributed by atoms with Gasteiger partial charge in [-0.05, 0) is 68.6 Å². The Kier molecular flexibility index (Phi) is 3.85. The van der Waals surface area contributed by atoms with E-state index in [0.717, 1.165) is 37.5 Å². The van der Waals surface area contributed by atoms with E-state index in [1.165, 1.54) is 0 Å². The van der Waals surface area contributed by atoms with Crippen LogP contribution in [0.2, 0.25) is 0 Å². The molecule has 2 aromatic rings. The molecule has 1 aliphatic heterocycles. The first-order valence-corrected chi connectivity index (χ1v) is 7.67. The van der Waals surface area contributed by atoms with Gasteiger partial charge < -0.3 is 14.8 Å². The van der Waals surface area contributed by atoms with E-state index in [9.17, 15) is 0 Å². The highest BCUT2D eigenvalue weighted by Crippen LogP contribution is 2.40. The van der Waals surface area contributed by atoms with Crippen molar-refractivity contribution < 1.29 is 9.47 Å². The van der Waals surface area contributed by atoms with Gasteiger partial charge in [-0.15, -0.1) is 0 Å². The van der Waals surface area contributed by atoms with Crippen LogP contribution >= 0.6 is 31.9 Å². The van der Waals surface area contributed by atoms with Crippen molar-refractivity contribution in [2.45, 2.75) is 13.5 Å². The molecule has 0 fully saturated rings. The van der Waals surface area contributed by atoms with Crippen LogP contribution in [0.5, 0.6) is 11.5 Å². The molecule has 4 nitrogen and oxygen atoms in total. The first-order valence-electron chi connectivity index (χ1n) is 6.08. The maximum atomic E-state index is 5.41. The monoisotopic (exact) mass is 398 g/mol. The molecule has 0 saturated heterocycles. The SMILES string of the molecule is Cc1nc(Br)ccc1NCc1cc(Br)c2c(c1)OCO2. The van der Waals surface area contributed by atoms with Gasteiger partial charge in [0.25, 0.3) is 0 Å². The molecule has 0 unspecified atom stereocenters. The number of aromatic nitrogens is 1. The normalized spacial score (nSPS) is 12.6. The summed E-state index contributed by atoms with van der Waals surface area (Å²) in [4.78, 5) is 4.36. The Morgan fingerprint density at radius 3 is 2.90 bits per heavy atom. The third-order valence-corrected chi connectivity index (χ3v) is 4.05. The molecule has 0 spiro atoms. The van der Waals surface area contributed by atoms with Crippen LogP contribution in [0.1, 0.15) is 11.3 Å². The summed E-state index contributed by atoms with van der Waals surface area (Å²) in [6.45, 7) is 2.95. The van der Waals surface area contributed by atoms with Crippen molar-refractivity contribution >= 4 is 37.5 Å². The second-order valence-electron chi connectivity index (χ2n) is 4.43. The highest BCUT2D eigenvalue weighted by atomic mass is 79.9. The van der Waals surface area contributed by atoms with Gasteiger partial charge in [-0.3, -0.25) is 0 Å². The van der Waals surface area contributed by atoms with E-state index in [0.29, 0.717) is 6.54 Å². The number of halogens is 2. The Bertz CT molecular complexity index is 662. The predicted octanol–water partition coefficient (Wildman–Crippen LogP) is 4.26. The first-order chi connectivity index (χ1) is 9.63. The van der Waals surface area contributed by atoms with Crippen molar-refractivity contribution in [1.82, 2.24) is 4.98 Å². The fraction of sp³-hybridized carbons (Fsp3) is 0.214. The number of fused-ring (bicyclic) bond motifs is 1. The zero-order valence-corrected chi connectivity index (χ0v) is 13.9. The number of hydrogen-bond acceptors (Lipinski definition) is 4. The average molecular weight is 400 g/mol. The third kappa shape index (κ3) is 2.76. The maximum absolute atomic E-state index is 5.41. The minimum atomic E-state index is 0.278. The molecule has 20 heavy (non-hydrogen) atoms. The van der Waals surface area contributed by atoms with Crippen LogP contribution in [-0.4, -0.2) is 11.8 Å². The fourth-order valence-corrected chi connectivity index (χ4v) is 3.04. The molecule has 0 saturated carbocycles. The predicted molar refractivity (Wildman–Crippen MR) is 84.3 cm³/mol. The molecule has 0 aliphatic carbocycles. The number of rotatable bonds is 3. The van der Waals surface area contributed by atoms with E-state index < -0.39 is 0 Å². The topological polar surface area (TPSA) is 43.4 Å². The van der Waals surface area contributed by atoms with Crippen LogP contribution in [-0.2, 0) is 6.54 Å². The van der Waals surface area contributed by atoms with E-state index in [4.69, 9.17) is 9.47 Å². The highest BCUT2D eigenvalue weighted by Gasteiger charge is 2.17. The van der Waals surface area contributed by atoms with Gasteiger partial charge in [0.2, 0.25) is 6.79 Å². The van der Waals surface area contributed by atoms with Crippen LogP contribution in [0.4, 0.5) is 5.69 Å². The zero-order valence-electron chi connectivity index (χ0n) is 10.7. The number of aryl methyl sites for hydroxylation is 1. The lowest BCUT2D eigenvalue weighted by molar-refractivity contribution is 0.173. The number of benzene rings is 1. The van der Waals surface area contributed by atoms with Crippen molar-refractivity contribution in [3.63, 3.8) is 0 Å². The molecular formula is C14H12Br2N2O2. The van der Waals surface area contributed by atoms with Gasteiger partial charge in [-0.25, -0.2) is 4.98 Å². The molecule has 1 aromatic carbocycles. The second kappa shape index (κ2) is 5.61. The van der Waals surface area contributed by atoms with Crippen LogP contribution in [0.15, 0.2) is 33.3 Å². The third-order valence-electron chi connectivity index (χ3n) is 3.02. The smallest absolute Gasteiger partial charge is 0.231 e. The second-order valence-corrected chi connectivity index (χ2v) is 6.10. The summed E-state index contributed by atoms with van der Waals surface area (Å²) in [5.74, 6) is 1.55. The highest BCUT2D eigenvalue weighted by molar-refractivity contribution is 9.10. The largest absolute Gasteiger partial charge is 0.454 e. The molecule has 1 aromatic heterocycles. The fourth-order valence-electron chi connectivity index (χ4n) is 2.04. The van der Waals surface area contributed by atoms with Gasteiger partial charge in [-0.2, -0.15) is 0 Å². The van der Waals surface area contributed by atoms with Crippen molar-refractivity contribution in [2.75, 3.05) is 12.1 Å². The van der Waals surface area contributed by atoms with Crippen LogP contribution in [0.25, 0.3) is 0 Å². The van der Waals surface area contributed by atoms with E-state index in [1.54, 1.807) is 0 Å².